The molecule has 0 spiro atoms. The van der Waals surface area contributed by atoms with Gasteiger partial charge in [-0.1, -0.05) is 48.5 Å². The number of esters is 2. The fraction of sp³-hybridized carbons (Fsp3) is 0.417. The molecule has 3 aliphatic carbocycles. The maximum Gasteiger partial charge on any atom is 0.308 e. The van der Waals surface area contributed by atoms with Gasteiger partial charge in [0, 0.05) is 10.8 Å². The van der Waals surface area contributed by atoms with Gasteiger partial charge in [-0.15, -0.1) is 0 Å². The van der Waals surface area contributed by atoms with Crippen molar-refractivity contribution in [3.63, 3.8) is 0 Å². The second kappa shape index (κ2) is 5.94. The molecule has 144 valence electrons. The first kappa shape index (κ1) is 17.5. The SMILES string of the molecule is COC(=O)C1CC23CC(C(=O)OC)CC2(C1)c1ccccc1-c1ccccc13. The van der Waals surface area contributed by atoms with Crippen LogP contribution in [-0.4, -0.2) is 26.2 Å². The first-order valence-electron chi connectivity index (χ1n) is 9.91. The molecule has 2 saturated carbocycles. The van der Waals surface area contributed by atoms with E-state index < -0.39 is 0 Å². The molecule has 0 aromatic heterocycles. The van der Waals surface area contributed by atoms with Gasteiger partial charge in [0.05, 0.1) is 26.1 Å². The minimum Gasteiger partial charge on any atom is -0.469 e. The molecule has 0 heterocycles. The summed E-state index contributed by atoms with van der Waals surface area (Å²) in [5.41, 5.74) is 4.51. The lowest BCUT2D eigenvalue weighted by atomic mass is 9.55. The smallest absolute Gasteiger partial charge is 0.308 e. The highest BCUT2D eigenvalue weighted by Crippen LogP contribution is 2.71. The van der Waals surface area contributed by atoms with E-state index in [1.165, 1.54) is 36.5 Å². The highest BCUT2D eigenvalue weighted by atomic mass is 16.5. The van der Waals surface area contributed by atoms with Crippen LogP contribution in [0.1, 0.15) is 36.8 Å². The van der Waals surface area contributed by atoms with Gasteiger partial charge in [0.25, 0.3) is 0 Å². The lowest BCUT2D eigenvalue weighted by Crippen LogP contribution is -2.43. The number of ether oxygens (including phenoxy) is 2. The lowest BCUT2D eigenvalue weighted by Gasteiger charge is -2.47. The van der Waals surface area contributed by atoms with Gasteiger partial charge in [0.2, 0.25) is 0 Å². The van der Waals surface area contributed by atoms with E-state index in [4.69, 9.17) is 9.47 Å². The summed E-state index contributed by atoms with van der Waals surface area (Å²) >= 11 is 0. The van der Waals surface area contributed by atoms with Crippen LogP contribution in [0.3, 0.4) is 0 Å². The normalized spacial score (nSPS) is 31.9. The minimum atomic E-state index is -0.240. The second-order valence-corrected chi connectivity index (χ2v) is 8.51. The van der Waals surface area contributed by atoms with E-state index >= 15 is 0 Å². The molecule has 0 saturated heterocycles. The number of carbonyl (C=O) groups is 2. The van der Waals surface area contributed by atoms with Crippen LogP contribution in [0.15, 0.2) is 48.5 Å². The molecule has 2 aromatic carbocycles. The maximum absolute atomic E-state index is 12.6. The van der Waals surface area contributed by atoms with Crippen LogP contribution >= 0.6 is 0 Å². The molecule has 4 nitrogen and oxygen atoms in total. The number of hydrogen-bond acceptors (Lipinski definition) is 4. The van der Waals surface area contributed by atoms with Gasteiger partial charge in [-0.25, -0.2) is 0 Å². The number of benzene rings is 2. The number of fused-ring (bicyclic) bond motifs is 3. The summed E-state index contributed by atoms with van der Waals surface area (Å²) < 4.78 is 10.3. The topological polar surface area (TPSA) is 52.6 Å². The summed E-state index contributed by atoms with van der Waals surface area (Å²) in [6.07, 6.45) is 2.88. The van der Waals surface area contributed by atoms with Gasteiger partial charge in [-0.2, -0.15) is 0 Å². The molecule has 2 aromatic rings. The van der Waals surface area contributed by atoms with E-state index in [2.05, 4.69) is 48.5 Å². The van der Waals surface area contributed by atoms with Gasteiger partial charge in [-0.3, -0.25) is 9.59 Å². The Hall–Kier alpha value is -2.62. The Morgan fingerprint density at radius 3 is 1.43 bits per heavy atom. The Balaban J connectivity index is 1.79. The van der Waals surface area contributed by atoms with Crippen LogP contribution in [0.5, 0.6) is 0 Å². The van der Waals surface area contributed by atoms with E-state index in [-0.39, 0.29) is 34.6 Å². The molecule has 0 amide bonds. The van der Waals surface area contributed by atoms with Crippen molar-refractivity contribution in [2.45, 2.75) is 36.5 Å². The second-order valence-electron chi connectivity index (χ2n) is 8.51. The zero-order valence-corrected chi connectivity index (χ0v) is 16.2. The Labute approximate surface area is 164 Å². The van der Waals surface area contributed by atoms with Crippen LogP contribution in [0, 0.1) is 11.8 Å². The zero-order chi connectivity index (χ0) is 19.5. The molecule has 0 atom stereocenters. The number of hydrogen-bond donors (Lipinski definition) is 0. The molecule has 3 aliphatic rings. The molecule has 0 N–H and O–H groups in total. The van der Waals surface area contributed by atoms with Crippen LogP contribution < -0.4 is 0 Å². The number of rotatable bonds is 2. The molecule has 5 rings (SSSR count). The third-order valence-corrected chi connectivity index (χ3v) is 7.54. The van der Waals surface area contributed by atoms with Crippen molar-refractivity contribution in [2.24, 2.45) is 11.8 Å². The third kappa shape index (κ3) is 2.01. The highest BCUT2D eigenvalue weighted by Gasteiger charge is 2.68. The van der Waals surface area contributed by atoms with Crippen molar-refractivity contribution < 1.29 is 19.1 Å². The summed E-state index contributed by atoms with van der Waals surface area (Å²) in [6, 6.07) is 17.0. The maximum atomic E-state index is 12.6. The predicted octanol–water partition coefficient (Wildman–Crippen LogP) is 4.01. The van der Waals surface area contributed by atoms with Crippen LogP contribution in [-0.2, 0) is 29.9 Å². The lowest BCUT2D eigenvalue weighted by molar-refractivity contribution is -0.146. The quantitative estimate of drug-likeness (QED) is 0.743. The zero-order valence-electron chi connectivity index (χ0n) is 16.2. The van der Waals surface area contributed by atoms with Crippen molar-refractivity contribution in [3.05, 3.63) is 59.7 Å². The minimum absolute atomic E-state index is 0.139. The van der Waals surface area contributed by atoms with E-state index in [9.17, 15) is 9.59 Å². The average molecular weight is 376 g/mol. The molecule has 0 bridgehead atoms. The molecule has 0 aliphatic heterocycles. The molecular weight excluding hydrogens is 352 g/mol. The Morgan fingerprint density at radius 1 is 0.714 bits per heavy atom. The molecule has 2 fully saturated rings. The van der Waals surface area contributed by atoms with Crippen LogP contribution in [0.2, 0.25) is 0 Å². The number of carbonyl (C=O) groups excluding carboxylic acids is 2. The fourth-order valence-corrected chi connectivity index (χ4v) is 6.67. The van der Waals surface area contributed by atoms with Crippen molar-refractivity contribution >= 4 is 11.9 Å². The Kier molecular flexibility index (Phi) is 3.71. The van der Waals surface area contributed by atoms with E-state index in [0.29, 0.717) is 0 Å². The predicted molar refractivity (Wildman–Crippen MR) is 105 cm³/mol. The van der Waals surface area contributed by atoms with Crippen LogP contribution in [0.25, 0.3) is 11.1 Å². The van der Waals surface area contributed by atoms with Crippen molar-refractivity contribution in [1.82, 2.24) is 0 Å². The molecule has 0 radical (unpaired) electrons. The summed E-state index contributed by atoms with van der Waals surface area (Å²) in [5.74, 6) is -0.579. The summed E-state index contributed by atoms with van der Waals surface area (Å²) in [7, 11) is 2.93. The Morgan fingerprint density at radius 2 is 1.07 bits per heavy atom. The van der Waals surface area contributed by atoms with E-state index in [0.717, 1.165) is 25.7 Å². The standard InChI is InChI=1S/C24H24O4/c1-27-21(25)15-11-23-13-16(22(26)28-2)14-24(23,12-15)20-10-6-4-8-18(20)17-7-3-5-9-19(17)23/h3-10,15-16H,11-14H2,1-2H3. The summed E-state index contributed by atoms with van der Waals surface area (Å²) in [6.45, 7) is 0. The van der Waals surface area contributed by atoms with E-state index in [1.54, 1.807) is 0 Å². The Bertz CT molecular complexity index is 885. The van der Waals surface area contributed by atoms with Gasteiger partial charge in [-0.05, 0) is 47.9 Å². The average Bonchev–Trinajstić information content (AvgIpc) is 3.25. The summed E-state index contributed by atoms with van der Waals surface area (Å²) in [5, 5.41) is 0. The van der Waals surface area contributed by atoms with Gasteiger partial charge < -0.3 is 9.47 Å². The van der Waals surface area contributed by atoms with Crippen molar-refractivity contribution in [1.29, 1.82) is 0 Å². The van der Waals surface area contributed by atoms with Gasteiger partial charge in [0.15, 0.2) is 0 Å². The number of methoxy groups -OCH3 is 2. The summed E-state index contributed by atoms with van der Waals surface area (Å²) in [4.78, 5) is 25.1. The molecule has 28 heavy (non-hydrogen) atoms. The van der Waals surface area contributed by atoms with Crippen LogP contribution in [0.4, 0.5) is 0 Å². The molecule has 0 unspecified atom stereocenters. The monoisotopic (exact) mass is 376 g/mol. The third-order valence-electron chi connectivity index (χ3n) is 7.54. The van der Waals surface area contributed by atoms with Crippen molar-refractivity contribution in [3.8, 4) is 11.1 Å². The first-order valence-corrected chi connectivity index (χ1v) is 9.91. The van der Waals surface area contributed by atoms with Gasteiger partial charge >= 0.3 is 11.9 Å². The van der Waals surface area contributed by atoms with E-state index in [1.807, 2.05) is 0 Å². The molecule has 4 heteroatoms. The highest BCUT2D eigenvalue weighted by molar-refractivity contribution is 5.83. The molecular formula is C24H24O4. The first-order chi connectivity index (χ1) is 13.6. The fourth-order valence-electron chi connectivity index (χ4n) is 6.67. The van der Waals surface area contributed by atoms with Gasteiger partial charge in [0.1, 0.15) is 0 Å². The van der Waals surface area contributed by atoms with Crippen molar-refractivity contribution in [2.75, 3.05) is 14.2 Å². The largest absolute Gasteiger partial charge is 0.469 e.